The number of rotatable bonds is 17. The predicted octanol–water partition coefficient (Wildman–Crippen LogP) is 6.09. The molecule has 5 aromatic rings. The van der Waals surface area contributed by atoms with Gasteiger partial charge >= 0.3 is 6.01 Å². The van der Waals surface area contributed by atoms with Gasteiger partial charge < -0.3 is 55.6 Å². The van der Waals surface area contributed by atoms with E-state index in [-0.39, 0.29) is 64.2 Å². The first-order chi connectivity index (χ1) is 37.1. The number of benzene rings is 3. The number of allylic oxidation sites excluding steroid dienone is 2. The number of carbonyl (C=O) groups is 3. The summed E-state index contributed by atoms with van der Waals surface area (Å²) in [5.74, 6) is 2.24. The number of aliphatic imine (C=N–C) groups is 1. The summed E-state index contributed by atoms with van der Waals surface area (Å²) in [4.78, 5) is 68.6. The third kappa shape index (κ3) is 11.7. The highest BCUT2D eigenvalue weighted by Crippen LogP contribution is 2.43. The minimum atomic E-state index is -0.771. The molecule has 7 heterocycles. The molecule has 3 amide bonds. The number of hydrogen-bond acceptors (Lipinski definition) is 15. The van der Waals surface area contributed by atoms with Crippen LogP contribution in [0.4, 0.5) is 5.82 Å². The van der Waals surface area contributed by atoms with E-state index < -0.39 is 17.5 Å². The summed E-state index contributed by atoms with van der Waals surface area (Å²) in [6.45, 7) is 15.5. The van der Waals surface area contributed by atoms with Gasteiger partial charge in [0.15, 0.2) is 5.75 Å². The highest BCUT2D eigenvalue weighted by Gasteiger charge is 2.42. The lowest BCUT2D eigenvalue weighted by Gasteiger charge is -2.36. The number of piperazine rings is 2. The lowest BCUT2D eigenvalue weighted by molar-refractivity contribution is -0.144. The minimum Gasteiger partial charge on any atom is -0.508 e. The van der Waals surface area contributed by atoms with E-state index in [4.69, 9.17) is 26.1 Å². The van der Waals surface area contributed by atoms with Crippen molar-refractivity contribution in [2.24, 2.45) is 10.4 Å². The Labute approximate surface area is 450 Å². The number of carbonyl (C=O) groups excluding carboxylic acids is 3. The van der Waals surface area contributed by atoms with Crippen LogP contribution in [0.5, 0.6) is 23.3 Å². The number of phenolic OH excluding ortho intramolecular Hbond substituents is 2. The van der Waals surface area contributed by atoms with Crippen molar-refractivity contribution in [2.45, 2.75) is 110 Å². The van der Waals surface area contributed by atoms with Gasteiger partial charge in [-0.2, -0.15) is 9.97 Å². The van der Waals surface area contributed by atoms with Crippen molar-refractivity contribution in [3.63, 3.8) is 0 Å². The highest BCUT2D eigenvalue weighted by molar-refractivity contribution is 6.06. The zero-order valence-electron chi connectivity index (χ0n) is 44.6. The Bertz CT molecular complexity index is 3150. The van der Waals surface area contributed by atoms with Gasteiger partial charge in [-0.15, -0.1) is 6.42 Å². The van der Waals surface area contributed by atoms with E-state index in [1.807, 2.05) is 46.0 Å². The molecule has 5 aliphatic heterocycles. The Morgan fingerprint density at radius 3 is 2.34 bits per heavy atom. The van der Waals surface area contributed by atoms with Gasteiger partial charge in [-0.25, -0.2) is 0 Å². The maximum atomic E-state index is 14.2. The summed E-state index contributed by atoms with van der Waals surface area (Å²) in [6, 6.07) is 13.7. The Balaban J connectivity index is 0.701. The molecular formula is C59H71N11O7. The number of aromatic hydroxyl groups is 3. The van der Waals surface area contributed by atoms with Crippen molar-refractivity contribution in [1.82, 2.24) is 45.6 Å². The maximum absolute atomic E-state index is 14.2. The van der Waals surface area contributed by atoms with Gasteiger partial charge in [0.25, 0.3) is 0 Å². The van der Waals surface area contributed by atoms with Crippen LogP contribution >= 0.6 is 0 Å². The molecule has 6 N–H and O–H groups in total. The first-order valence-electron chi connectivity index (χ1n) is 27.2. The van der Waals surface area contributed by atoms with Crippen LogP contribution in [0, 0.1) is 17.8 Å². The molecule has 18 nitrogen and oxygen atoms in total. The lowest BCUT2D eigenvalue weighted by Crippen LogP contribution is -2.57. The van der Waals surface area contributed by atoms with Crippen molar-refractivity contribution in [3.05, 3.63) is 77.1 Å². The second kappa shape index (κ2) is 22.7. The number of nitrogens with one attached hydrogen (secondary N) is 3. The zero-order chi connectivity index (χ0) is 54.0. The fourth-order valence-electron chi connectivity index (χ4n) is 11.7. The van der Waals surface area contributed by atoms with Crippen LogP contribution < -0.4 is 25.6 Å². The van der Waals surface area contributed by atoms with Crippen molar-refractivity contribution >= 4 is 57.0 Å². The molecule has 0 aliphatic carbocycles. The molecule has 4 saturated heterocycles. The van der Waals surface area contributed by atoms with Gasteiger partial charge in [0.1, 0.15) is 40.6 Å². The van der Waals surface area contributed by atoms with E-state index >= 15 is 0 Å². The highest BCUT2D eigenvalue weighted by atomic mass is 16.5. The van der Waals surface area contributed by atoms with E-state index in [2.05, 4.69) is 53.7 Å². The molecule has 5 aliphatic rings. The number of ether oxygens (including phenoxy) is 1. The number of terminal acetylenes is 1. The molecule has 3 aromatic carbocycles. The molecule has 2 aromatic heterocycles. The average molecular weight is 1050 g/mol. The van der Waals surface area contributed by atoms with Crippen molar-refractivity contribution in [3.8, 4) is 46.9 Å². The van der Waals surface area contributed by atoms with Crippen LogP contribution in [-0.2, 0) is 20.9 Å². The van der Waals surface area contributed by atoms with Crippen molar-refractivity contribution < 1.29 is 34.4 Å². The van der Waals surface area contributed by atoms with Gasteiger partial charge in [0.2, 0.25) is 17.7 Å². The number of phenols is 2. The van der Waals surface area contributed by atoms with E-state index in [0.29, 0.717) is 72.2 Å². The topological polar surface area (TPSA) is 221 Å². The number of aromatic nitrogens is 3. The van der Waals surface area contributed by atoms with Crippen LogP contribution in [0.15, 0.2) is 65.4 Å². The zero-order valence-corrected chi connectivity index (χ0v) is 44.6. The molecule has 4 fully saturated rings. The van der Waals surface area contributed by atoms with Gasteiger partial charge in [-0.05, 0) is 97.7 Å². The molecule has 77 heavy (non-hydrogen) atoms. The number of amides is 3. The summed E-state index contributed by atoms with van der Waals surface area (Å²) in [5, 5.41) is 44.8. The molecule has 10 rings (SSSR count). The Kier molecular flexibility index (Phi) is 15.7. The average Bonchev–Trinajstić information content (AvgIpc) is 4.23. The number of nitrogens with zero attached hydrogens (tertiary/aromatic N) is 8. The lowest BCUT2D eigenvalue weighted by atomic mass is 9.85. The van der Waals surface area contributed by atoms with E-state index in [1.165, 1.54) is 17.7 Å². The molecule has 0 saturated carbocycles. The first-order valence-corrected chi connectivity index (χ1v) is 27.2. The van der Waals surface area contributed by atoms with Gasteiger partial charge in [0.05, 0.1) is 17.6 Å². The molecule has 404 valence electrons. The normalized spacial score (nSPS) is 20.3. The number of likely N-dealkylation sites (tertiary alicyclic amines) is 1. The second-order valence-corrected chi connectivity index (χ2v) is 22.3. The quantitative estimate of drug-likeness (QED) is 0.0459. The third-order valence-corrected chi connectivity index (χ3v) is 15.9. The standard InChI is InChI=1S/C59H71N11O7/c1-6-43-48(72)19-16-39-30-42(71)31-45(50(39)43)51-53(74)52-46(33-61-51)55(69-34-40-17-18-41(35-69)63-40)66-58(65-52)77-29-9-23-68-27-25-67(26-28-68)22-8-11-49(73)64-54(59(3,4)5)57(76)70-24-7-10-47(70)56(75)62-32-37-12-14-38(15-13-37)44-20-21-60-36(44)2/h1,12-16,19,21,30-31,33,40-41,47,54,63,71-72,74H,7-11,17-18,20,22-29,32,34-35H2,2-5H3,(H,62,75)(H,64,73)/t40?,41?,47-,54?/m0/s1. The monoisotopic (exact) mass is 1050 g/mol. The molecule has 0 radical (unpaired) electrons. The van der Waals surface area contributed by atoms with Crippen LogP contribution in [0.25, 0.3) is 38.5 Å². The van der Waals surface area contributed by atoms with E-state index in [0.717, 1.165) is 101 Å². The van der Waals surface area contributed by atoms with Crippen LogP contribution in [-0.4, -0.2) is 159 Å². The van der Waals surface area contributed by atoms with Gasteiger partial charge in [0, 0.05) is 113 Å². The summed E-state index contributed by atoms with van der Waals surface area (Å²) >= 11 is 0. The smallest absolute Gasteiger partial charge is 0.319 e. The molecule has 18 heteroatoms. The van der Waals surface area contributed by atoms with Crippen LogP contribution in [0.3, 0.4) is 0 Å². The second-order valence-electron chi connectivity index (χ2n) is 22.3. The van der Waals surface area contributed by atoms with Crippen LogP contribution in [0.1, 0.15) is 95.8 Å². The number of fused-ring (bicyclic) bond motifs is 4. The number of hydrogen-bond donors (Lipinski definition) is 6. The molecule has 4 atom stereocenters. The van der Waals surface area contributed by atoms with E-state index in [1.54, 1.807) is 23.2 Å². The third-order valence-electron chi connectivity index (χ3n) is 15.9. The van der Waals surface area contributed by atoms with E-state index in [9.17, 15) is 29.7 Å². The Morgan fingerprint density at radius 2 is 1.65 bits per heavy atom. The van der Waals surface area contributed by atoms with Gasteiger partial charge in [-0.3, -0.25) is 24.4 Å². The fraction of sp³-hybridized carbons (Fsp3) is 0.475. The van der Waals surface area contributed by atoms with Gasteiger partial charge in [-0.1, -0.05) is 57.0 Å². The molecule has 3 unspecified atom stereocenters. The summed E-state index contributed by atoms with van der Waals surface area (Å²) in [5.41, 5.74) is 4.75. The molecule has 2 bridgehead atoms. The SMILES string of the molecule is C#Cc1c(O)ccc2cc(O)cc(-c3ncc4c(N5CC6CCC(C5)N6)nc(OCCCN5CCN(CCCC(=O)NC(C(=O)N6CCC[C@H]6C(=O)NCc6ccc(C7=C(C)N=CC7)cc6)C(C)(C)C)CC5)nc4c3O)c12. The predicted molar refractivity (Wildman–Crippen MR) is 298 cm³/mol. The fourth-order valence-corrected chi connectivity index (χ4v) is 11.7. The number of pyridine rings is 1. The minimum absolute atomic E-state index is 0.0530. The first kappa shape index (κ1) is 53.1. The molecular weight excluding hydrogens is 975 g/mol. The Hall–Kier alpha value is -7.33. The Morgan fingerprint density at radius 1 is 0.922 bits per heavy atom. The summed E-state index contributed by atoms with van der Waals surface area (Å²) < 4.78 is 6.28. The summed E-state index contributed by atoms with van der Waals surface area (Å²) in [6.07, 6.45) is 15.3. The summed E-state index contributed by atoms with van der Waals surface area (Å²) in [7, 11) is 0. The molecule has 0 spiro atoms. The maximum Gasteiger partial charge on any atom is 0.319 e. The van der Waals surface area contributed by atoms with Crippen molar-refractivity contribution in [2.75, 3.05) is 70.4 Å². The van der Waals surface area contributed by atoms with Crippen molar-refractivity contribution in [1.29, 1.82) is 0 Å². The van der Waals surface area contributed by atoms with Crippen LogP contribution in [0.2, 0.25) is 0 Å². The largest absolute Gasteiger partial charge is 0.508 e. The number of anilines is 1.